The highest BCUT2D eigenvalue weighted by Gasteiger charge is 2.03. The van der Waals surface area contributed by atoms with Gasteiger partial charge in [-0.15, -0.1) is 0 Å². The fourth-order valence-electron chi connectivity index (χ4n) is 2.61. The largest absolute Gasteiger partial charge is 0.294 e. The molecule has 0 fully saturated rings. The van der Waals surface area contributed by atoms with Gasteiger partial charge in [0.1, 0.15) is 0 Å². The van der Waals surface area contributed by atoms with Crippen molar-refractivity contribution in [1.82, 2.24) is 15.4 Å². The summed E-state index contributed by atoms with van der Waals surface area (Å²) in [6, 6.07) is 16.1. The van der Waals surface area contributed by atoms with Gasteiger partial charge in [0, 0.05) is 35.4 Å². The Hall–Kier alpha value is -3.05. The molecule has 0 saturated heterocycles. The van der Waals surface area contributed by atoms with E-state index in [1.807, 2.05) is 48.8 Å². The van der Waals surface area contributed by atoms with Crippen LogP contribution >= 0.6 is 0 Å². The zero-order valence-corrected chi connectivity index (χ0v) is 13.9. The minimum Gasteiger partial charge on any atom is -0.294 e. The van der Waals surface area contributed by atoms with Crippen molar-refractivity contribution in [2.24, 2.45) is 5.84 Å². The zero-order chi connectivity index (χ0) is 17.5. The van der Waals surface area contributed by atoms with Crippen LogP contribution in [0.25, 0.3) is 11.1 Å². The predicted molar refractivity (Wildman–Crippen MR) is 97.4 cm³/mol. The molecule has 2 heterocycles. The zero-order valence-electron chi connectivity index (χ0n) is 13.9. The van der Waals surface area contributed by atoms with Gasteiger partial charge in [-0.2, -0.15) is 0 Å². The number of aryl methyl sites for hydroxylation is 2. The van der Waals surface area contributed by atoms with E-state index in [1.165, 1.54) is 5.56 Å². The van der Waals surface area contributed by atoms with Gasteiger partial charge in [0.2, 0.25) is 5.91 Å². The number of pyridine rings is 2. The van der Waals surface area contributed by atoms with Crippen LogP contribution in [0, 0.1) is 0 Å². The highest BCUT2D eigenvalue weighted by atomic mass is 16.2. The maximum absolute atomic E-state index is 11.3. The minimum absolute atomic E-state index is 0.189. The van der Waals surface area contributed by atoms with E-state index >= 15 is 0 Å². The number of hydrogen-bond acceptors (Lipinski definition) is 4. The molecule has 0 bridgehead atoms. The van der Waals surface area contributed by atoms with Gasteiger partial charge >= 0.3 is 0 Å². The summed E-state index contributed by atoms with van der Waals surface area (Å²) in [5.74, 6) is 4.91. The molecule has 2 aromatic heterocycles. The maximum atomic E-state index is 11.3. The smallest absolute Gasteiger partial charge is 0.238 e. The van der Waals surface area contributed by atoms with E-state index in [-0.39, 0.29) is 5.91 Å². The molecule has 3 rings (SSSR count). The molecule has 5 nitrogen and oxygen atoms in total. The van der Waals surface area contributed by atoms with E-state index in [1.54, 1.807) is 6.20 Å². The molecule has 3 aromatic rings. The summed E-state index contributed by atoms with van der Waals surface area (Å²) in [5, 5.41) is 0. The lowest BCUT2D eigenvalue weighted by molar-refractivity contribution is -0.120. The first-order valence-corrected chi connectivity index (χ1v) is 8.17. The fourth-order valence-corrected chi connectivity index (χ4v) is 2.61. The molecule has 0 radical (unpaired) electrons. The number of nitrogens with zero attached hydrogens (tertiary/aromatic N) is 2. The first kappa shape index (κ1) is 16.8. The van der Waals surface area contributed by atoms with Crippen LogP contribution in [0.2, 0.25) is 0 Å². The standard InChI is InChI=1S/C20H20N4O/c21-24-20(25)12-16-5-3-15(4-6-16)7-9-19-10-8-18(14-23-19)17-2-1-11-22-13-17/h1-6,8,10-11,13-14H,7,9,12,21H2,(H,24,25). The van der Waals surface area contributed by atoms with Gasteiger partial charge in [-0.25, -0.2) is 5.84 Å². The third-order valence-corrected chi connectivity index (χ3v) is 4.04. The van der Waals surface area contributed by atoms with Crippen LogP contribution in [0.5, 0.6) is 0 Å². The number of carbonyl (C=O) groups excluding carboxylic acids is 1. The Balaban J connectivity index is 1.57. The second kappa shape index (κ2) is 8.17. The summed E-state index contributed by atoms with van der Waals surface area (Å²) < 4.78 is 0. The highest BCUT2D eigenvalue weighted by molar-refractivity contribution is 5.77. The normalized spacial score (nSPS) is 10.4. The van der Waals surface area contributed by atoms with Crippen molar-refractivity contribution in [2.75, 3.05) is 0 Å². The van der Waals surface area contributed by atoms with Crippen molar-refractivity contribution < 1.29 is 4.79 Å². The van der Waals surface area contributed by atoms with Gasteiger partial charge in [-0.05, 0) is 36.1 Å². The van der Waals surface area contributed by atoms with E-state index in [0.717, 1.165) is 35.2 Å². The summed E-state index contributed by atoms with van der Waals surface area (Å²) >= 11 is 0. The molecule has 0 aliphatic heterocycles. The average Bonchev–Trinajstić information content (AvgIpc) is 2.68. The number of nitrogens with one attached hydrogen (secondary N) is 1. The lowest BCUT2D eigenvalue weighted by Crippen LogP contribution is -2.31. The Morgan fingerprint density at radius 1 is 0.920 bits per heavy atom. The van der Waals surface area contributed by atoms with Crippen LogP contribution in [0.15, 0.2) is 67.1 Å². The molecule has 0 spiro atoms. The predicted octanol–water partition coefficient (Wildman–Crippen LogP) is 2.46. The van der Waals surface area contributed by atoms with E-state index in [2.05, 4.69) is 27.5 Å². The Kier molecular flexibility index (Phi) is 5.49. The topological polar surface area (TPSA) is 80.9 Å². The van der Waals surface area contributed by atoms with Crippen molar-refractivity contribution in [3.63, 3.8) is 0 Å². The number of nitrogens with two attached hydrogens (primary N) is 1. The Bertz CT molecular complexity index is 815. The summed E-state index contributed by atoms with van der Waals surface area (Å²) in [4.78, 5) is 19.9. The third-order valence-electron chi connectivity index (χ3n) is 4.04. The quantitative estimate of drug-likeness (QED) is 0.413. The molecule has 1 amide bonds. The maximum Gasteiger partial charge on any atom is 0.238 e. The van der Waals surface area contributed by atoms with E-state index in [9.17, 15) is 4.79 Å². The Morgan fingerprint density at radius 2 is 1.68 bits per heavy atom. The molecule has 25 heavy (non-hydrogen) atoms. The van der Waals surface area contributed by atoms with Crippen LogP contribution in [-0.2, 0) is 24.1 Å². The molecule has 0 saturated carbocycles. The fraction of sp³-hybridized carbons (Fsp3) is 0.150. The molecular formula is C20H20N4O. The summed E-state index contributed by atoms with van der Waals surface area (Å²) in [7, 11) is 0. The summed E-state index contributed by atoms with van der Waals surface area (Å²) in [5.41, 5.74) is 7.50. The molecule has 0 atom stereocenters. The molecule has 1 aromatic carbocycles. The molecule has 0 aliphatic carbocycles. The number of benzene rings is 1. The minimum atomic E-state index is -0.189. The molecular weight excluding hydrogens is 312 g/mol. The van der Waals surface area contributed by atoms with E-state index in [4.69, 9.17) is 5.84 Å². The lowest BCUT2D eigenvalue weighted by Gasteiger charge is -2.05. The van der Waals surface area contributed by atoms with E-state index in [0.29, 0.717) is 6.42 Å². The van der Waals surface area contributed by atoms with Gasteiger partial charge in [0.05, 0.1) is 6.42 Å². The monoisotopic (exact) mass is 332 g/mol. The second-order valence-corrected chi connectivity index (χ2v) is 5.84. The first-order chi connectivity index (χ1) is 12.2. The van der Waals surface area contributed by atoms with E-state index < -0.39 is 0 Å². The summed E-state index contributed by atoms with van der Waals surface area (Å²) in [6.07, 6.45) is 7.57. The van der Waals surface area contributed by atoms with Gasteiger partial charge in [0.25, 0.3) is 0 Å². The summed E-state index contributed by atoms with van der Waals surface area (Å²) in [6.45, 7) is 0. The lowest BCUT2D eigenvalue weighted by atomic mass is 10.0. The highest BCUT2D eigenvalue weighted by Crippen LogP contribution is 2.17. The van der Waals surface area contributed by atoms with Crippen LogP contribution in [-0.4, -0.2) is 15.9 Å². The number of hydrazine groups is 1. The molecule has 3 N–H and O–H groups in total. The van der Waals surface area contributed by atoms with Gasteiger partial charge in [0.15, 0.2) is 0 Å². The van der Waals surface area contributed by atoms with Crippen molar-refractivity contribution in [3.05, 3.63) is 83.9 Å². The molecule has 5 heteroatoms. The Morgan fingerprint density at radius 3 is 2.32 bits per heavy atom. The van der Waals surface area contributed by atoms with Crippen molar-refractivity contribution in [1.29, 1.82) is 0 Å². The average molecular weight is 332 g/mol. The van der Waals surface area contributed by atoms with Crippen LogP contribution < -0.4 is 11.3 Å². The first-order valence-electron chi connectivity index (χ1n) is 8.17. The van der Waals surface area contributed by atoms with Crippen molar-refractivity contribution >= 4 is 5.91 Å². The Labute approximate surface area is 146 Å². The molecule has 126 valence electrons. The number of hydrogen-bond donors (Lipinski definition) is 2. The number of rotatable bonds is 6. The van der Waals surface area contributed by atoms with Crippen molar-refractivity contribution in [3.8, 4) is 11.1 Å². The van der Waals surface area contributed by atoms with Gasteiger partial charge < -0.3 is 0 Å². The molecule has 0 aliphatic rings. The number of carbonyl (C=O) groups is 1. The van der Waals surface area contributed by atoms with Crippen LogP contribution in [0.1, 0.15) is 16.8 Å². The number of amides is 1. The number of aromatic nitrogens is 2. The second-order valence-electron chi connectivity index (χ2n) is 5.84. The third kappa shape index (κ3) is 4.71. The van der Waals surface area contributed by atoms with Crippen LogP contribution in [0.4, 0.5) is 0 Å². The van der Waals surface area contributed by atoms with Gasteiger partial charge in [-0.1, -0.05) is 36.4 Å². The van der Waals surface area contributed by atoms with Crippen LogP contribution in [0.3, 0.4) is 0 Å². The van der Waals surface area contributed by atoms with Gasteiger partial charge in [-0.3, -0.25) is 20.2 Å². The molecule has 0 unspecified atom stereocenters. The SMILES string of the molecule is NNC(=O)Cc1ccc(CCc2ccc(-c3cccnc3)cn2)cc1. The van der Waals surface area contributed by atoms with Crippen molar-refractivity contribution in [2.45, 2.75) is 19.3 Å².